The van der Waals surface area contributed by atoms with Crippen molar-refractivity contribution in [2.45, 2.75) is 0 Å². The van der Waals surface area contributed by atoms with Gasteiger partial charge in [0.25, 0.3) is 0 Å². The van der Waals surface area contributed by atoms with E-state index in [9.17, 15) is 9.59 Å². The molecule has 5 heteroatoms. The molecule has 0 unspecified atom stereocenters. The minimum atomic E-state index is -0.461. The van der Waals surface area contributed by atoms with Crippen LogP contribution in [0.3, 0.4) is 0 Å². The van der Waals surface area contributed by atoms with Crippen LogP contribution >= 0.6 is 0 Å². The van der Waals surface area contributed by atoms with Crippen molar-refractivity contribution in [2.24, 2.45) is 0 Å². The maximum absolute atomic E-state index is 11.3. The number of rotatable bonds is 2. The Morgan fingerprint density at radius 1 is 1.35 bits per heavy atom. The Morgan fingerprint density at radius 3 is 2.88 bits per heavy atom. The molecule has 2 aromatic heterocycles. The Morgan fingerprint density at radius 2 is 2.18 bits per heavy atom. The maximum Gasteiger partial charge on any atom is 0.339 e. The number of carbonyl (C=O) groups is 1. The zero-order valence-corrected chi connectivity index (χ0v) is 9.14. The van der Waals surface area contributed by atoms with E-state index in [1.807, 2.05) is 0 Å². The van der Waals surface area contributed by atoms with E-state index in [0.717, 1.165) is 0 Å². The van der Waals surface area contributed by atoms with Crippen molar-refractivity contribution >= 4 is 5.97 Å². The Bertz CT molecular complexity index is 604. The lowest BCUT2D eigenvalue weighted by atomic mass is 10.1. The maximum atomic E-state index is 11.3. The van der Waals surface area contributed by atoms with Gasteiger partial charge in [-0.25, -0.2) is 4.79 Å². The van der Waals surface area contributed by atoms with Gasteiger partial charge < -0.3 is 9.72 Å². The second-order valence-corrected chi connectivity index (χ2v) is 3.38. The van der Waals surface area contributed by atoms with Crippen LogP contribution in [0.4, 0.5) is 0 Å². The fraction of sp³-hybridized carbons (Fsp3) is 0.0833. The van der Waals surface area contributed by atoms with Crippen LogP contribution in [0.5, 0.6) is 0 Å². The summed E-state index contributed by atoms with van der Waals surface area (Å²) in [6.07, 6.45) is 2.98. The van der Waals surface area contributed by atoms with Gasteiger partial charge in [-0.15, -0.1) is 0 Å². The molecule has 0 spiro atoms. The molecule has 0 fully saturated rings. The number of nitrogens with zero attached hydrogens (tertiary/aromatic N) is 1. The summed E-state index contributed by atoms with van der Waals surface area (Å²) in [6, 6.07) is 6.41. The molecule has 17 heavy (non-hydrogen) atoms. The lowest BCUT2D eigenvalue weighted by Gasteiger charge is -2.03. The Labute approximate surface area is 97.1 Å². The first-order valence-electron chi connectivity index (χ1n) is 4.94. The van der Waals surface area contributed by atoms with Gasteiger partial charge in [-0.3, -0.25) is 9.78 Å². The lowest BCUT2D eigenvalue weighted by molar-refractivity contribution is 0.0600. The van der Waals surface area contributed by atoms with E-state index in [2.05, 4.69) is 14.7 Å². The van der Waals surface area contributed by atoms with Crippen molar-refractivity contribution in [1.82, 2.24) is 9.97 Å². The first kappa shape index (κ1) is 11.1. The molecular weight excluding hydrogens is 220 g/mol. The number of methoxy groups -OCH3 is 1. The van der Waals surface area contributed by atoms with E-state index in [-0.39, 0.29) is 5.56 Å². The van der Waals surface area contributed by atoms with Gasteiger partial charge in [0.05, 0.1) is 12.7 Å². The minimum Gasteiger partial charge on any atom is -0.465 e. The third-order valence-corrected chi connectivity index (χ3v) is 2.24. The number of nitrogens with one attached hydrogen (secondary N) is 1. The topological polar surface area (TPSA) is 72.0 Å². The lowest BCUT2D eigenvalue weighted by Crippen LogP contribution is -2.05. The van der Waals surface area contributed by atoms with Gasteiger partial charge in [-0.2, -0.15) is 0 Å². The highest BCUT2D eigenvalue weighted by Crippen LogP contribution is 2.15. The van der Waals surface area contributed by atoms with E-state index in [0.29, 0.717) is 16.8 Å². The highest BCUT2D eigenvalue weighted by atomic mass is 16.5. The van der Waals surface area contributed by atoms with Crippen LogP contribution in [0.1, 0.15) is 10.4 Å². The Balaban J connectivity index is 2.46. The molecule has 2 aromatic rings. The number of ether oxygens (including phenoxy) is 1. The van der Waals surface area contributed by atoms with Crippen LogP contribution in [0.2, 0.25) is 0 Å². The van der Waals surface area contributed by atoms with Crippen LogP contribution in [0.25, 0.3) is 11.3 Å². The molecule has 0 bridgehead atoms. The van der Waals surface area contributed by atoms with Gasteiger partial charge in [0, 0.05) is 29.7 Å². The summed E-state index contributed by atoms with van der Waals surface area (Å²) in [6.45, 7) is 0. The molecule has 0 atom stereocenters. The molecule has 0 aliphatic rings. The highest BCUT2D eigenvalue weighted by Gasteiger charge is 2.07. The number of hydrogen-bond donors (Lipinski definition) is 1. The second-order valence-electron chi connectivity index (χ2n) is 3.38. The summed E-state index contributed by atoms with van der Waals surface area (Å²) in [5.74, 6) is -0.461. The van der Waals surface area contributed by atoms with Crippen molar-refractivity contribution in [2.75, 3.05) is 7.11 Å². The first-order chi connectivity index (χ1) is 8.20. The molecule has 0 amide bonds. The summed E-state index contributed by atoms with van der Waals surface area (Å²) in [7, 11) is 1.30. The van der Waals surface area contributed by atoms with Crippen LogP contribution in [0.15, 0.2) is 41.5 Å². The number of hydrogen-bond acceptors (Lipinski definition) is 4. The first-order valence-corrected chi connectivity index (χ1v) is 4.94. The molecule has 2 rings (SSSR count). The molecule has 1 N–H and O–H groups in total. The predicted octanol–water partition coefficient (Wildman–Crippen LogP) is 1.22. The van der Waals surface area contributed by atoms with E-state index in [4.69, 9.17) is 0 Å². The van der Waals surface area contributed by atoms with Crippen molar-refractivity contribution < 1.29 is 9.53 Å². The molecular formula is C12H10N2O3. The summed E-state index contributed by atoms with van der Waals surface area (Å²) < 4.78 is 4.60. The van der Waals surface area contributed by atoms with Gasteiger partial charge in [-0.1, -0.05) is 6.07 Å². The van der Waals surface area contributed by atoms with Gasteiger partial charge in [0.15, 0.2) is 0 Å². The zero-order chi connectivity index (χ0) is 12.3. The Hall–Kier alpha value is -2.43. The zero-order valence-electron chi connectivity index (χ0n) is 9.14. The Kier molecular flexibility index (Phi) is 3.00. The molecule has 0 saturated heterocycles. The molecule has 0 aliphatic heterocycles. The summed E-state index contributed by atoms with van der Waals surface area (Å²) >= 11 is 0. The third kappa shape index (κ3) is 2.39. The van der Waals surface area contributed by atoms with Crippen LogP contribution < -0.4 is 5.56 Å². The molecule has 0 aromatic carbocycles. The fourth-order valence-electron chi connectivity index (χ4n) is 1.43. The molecule has 0 radical (unpaired) electrons. The smallest absolute Gasteiger partial charge is 0.339 e. The van der Waals surface area contributed by atoms with Gasteiger partial charge >= 0.3 is 5.97 Å². The monoisotopic (exact) mass is 230 g/mol. The number of H-pyrrole nitrogens is 1. The molecule has 5 nitrogen and oxygen atoms in total. The van der Waals surface area contributed by atoms with Crippen LogP contribution in [-0.2, 0) is 4.74 Å². The van der Waals surface area contributed by atoms with Crippen molar-refractivity contribution in [1.29, 1.82) is 0 Å². The van der Waals surface area contributed by atoms with Crippen molar-refractivity contribution in [3.8, 4) is 11.3 Å². The van der Waals surface area contributed by atoms with Crippen molar-refractivity contribution in [3.63, 3.8) is 0 Å². The summed E-state index contributed by atoms with van der Waals surface area (Å²) in [4.78, 5) is 29.1. The van der Waals surface area contributed by atoms with Crippen molar-refractivity contribution in [3.05, 3.63) is 52.6 Å². The number of aromatic amines is 1. The van der Waals surface area contributed by atoms with Gasteiger partial charge in [0.1, 0.15) is 0 Å². The average molecular weight is 230 g/mol. The standard InChI is InChI=1S/C12H10N2O3/c1-17-12(16)9-5-8(6-13-7-9)10-3-2-4-11(15)14-10/h2-7H,1H3,(H,14,15). The number of pyridine rings is 2. The normalized spacial score (nSPS) is 9.94. The van der Waals surface area contributed by atoms with Gasteiger partial charge in [-0.05, 0) is 12.1 Å². The summed E-state index contributed by atoms with van der Waals surface area (Å²) in [5, 5.41) is 0. The minimum absolute atomic E-state index is 0.203. The van der Waals surface area contributed by atoms with E-state index in [1.165, 1.54) is 19.4 Å². The molecule has 0 aliphatic carbocycles. The quantitative estimate of drug-likeness (QED) is 0.787. The number of carbonyl (C=O) groups excluding carboxylic acids is 1. The second kappa shape index (κ2) is 4.61. The fourth-order valence-corrected chi connectivity index (χ4v) is 1.43. The van der Waals surface area contributed by atoms with Gasteiger partial charge in [0.2, 0.25) is 5.56 Å². The summed E-state index contributed by atoms with van der Waals surface area (Å²) in [5.41, 5.74) is 1.40. The molecule has 0 saturated carbocycles. The largest absolute Gasteiger partial charge is 0.465 e. The van der Waals surface area contributed by atoms with Crippen LogP contribution in [-0.4, -0.2) is 23.0 Å². The number of aromatic nitrogens is 2. The third-order valence-electron chi connectivity index (χ3n) is 2.24. The molecule has 2 heterocycles. The average Bonchev–Trinajstić information content (AvgIpc) is 2.38. The van der Waals surface area contributed by atoms with E-state index in [1.54, 1.807) is 24.4 Å². The predicted molar refractivity (Wildman–Crippen MR) is 61.6 cm³/mol. The van der Waals surface area contributed by atoms with Crippen LogP contribution in [0, 0.1) is 0 Å². The molecule has 86 valence electrons. The SMILES string of the molecule is COC(=O)c1cncc(-c2cccc(=O)[nH]2)c1. The highest BCUT2D eigenvalue weighted by molar-refractivity contribution is 5.90. The number of esters is 1. The van der Waals surface area contributed by atoms with E-state index < -0.39 is 5.97 Å². The van der Waals surface area contributed by atoms with E-state index >= 15 is 0 Å².